The molecule has 1 aromatic carbocycles. The fourth-order valence-corrected chi connectivity index (χ4v) is 1.69. The van der Waals surface area contributed by atoms with Crippen LogP contribution in [0.1, 0.15) is 5.56 Å². The third-order valence-electron chi connectivity index (χ3n) is 2.79. The van der Waals surface area contributed by atoms with Crippen molar-refractivity contribution in [1.82, 2.24) is 20.7 Å². The minimum absolute atomic E-state index is 0.103. The van der Waals surface area contributed by atoms with Crippen LogP contribution in [0.4, 0.5) is 0 Å². The number of thiocarbonyl (C=S) groups is 1. The molecule has 8 nitrogen and oxygen atoms in total. The third kappa shape index (κ3) is 4.78. The van der Waals surface area contributed by atoms with E-state index in [2.05, 4.69) is 25.8 Å². The molecule has 0 aliphatic rings. The summed E-state index contributed by atoms with van der Waals surface area (Å²) in [6.45, 7) is 0. The molecule has 0 bridgehead atoms. The number of hydrogen-bond donors (Lipinski definition) is 2. The van der Waals surface area contributed by atoms with E-state index in [1.165, 1.54) is 14.2 Å². The van der Waals surface area contributed by atoms with Crippen molar-refractivity contribution in [3.8, 4) is 23.5 Å². The molecule has 0 atom stereocenters. The van der Waals surface area contributed by atoms with E-state index in [0.717, 1.165) is 0 Å². The predicted molar refractivity (Wildman–Crippen MR) is 94.0 cm³/mol. The number of aromatic nitrogens is 2. The molecule has 24 heavy (non-hydrogen) atoms. The van der Waals surface area contributed by atoms with Gasteiger partial charge in [0.25, 0.3) is 0 Å². The number of hydrazone groups is 1. The maximum atomic E-state index is 5.73. The number of methoxy groups -OCH3 is 2. The smallest absolute Gasteiger partial charge is 0.328 e. The number of hydrogen-bond acceptors (Lipinski definition) is 7. The SMILES string of the molecule is CNC(=S)N/N=C/c1ccccc1Oc1nc(OC)cc(OC)n1. The highest BCUT2D eigenvalue weighted by Crippen LogP contribution is 2.25. The summed E-state index contributed by atoms with van der Waals surface area (Å²) in [5.74, 6) is 1.20. The van der Waals surface area contributed by atoms with Crippen molar-refractivity contribution in [1.29, 1.82) is 0 Å². The minimum Gasteiger partial charge on any atom is -0.481 e. The van der Waals surface area contributed by atoms with Crippen molar-refractivity contribution < 1.29 is 14.2 Å². The number of benzene rings is 1. The molecule has 0 saturated carbocycles. The quantitative estimate of drug-likeness (QED) is 0.464. The van der Waals surface area contributed by atoms with Crippen molar-refractivity contribution in [2.45, 2.75) is 0 Å². The highest BCUT2D eigenvalue weighted by Gasteiger charge is 2.09. The molecular weight excluding hydrogens is 330 g/mol. The van der Waals surface area contributed by atoms with Crippen molar-refractivity contribution in [2.75, 3.05) is 21.3 Å². The maximum absolute atomic E-state index is 5.73. The molecule has 1 aromatic heterocycles. The van der Waals surface area contributed by atoms with Gasteiger partial charge in [0.1, 0.15) is 5.75 Å². The Bertz CT molecular complexity index is 717. The van der Waals surface area contributed by atoms with E-state index in [1.54, 1.807) is 25.4 Å². The summed E-state index contributed by atoms with van der Waals surface area (Å²) in [4.78, 5) is 8.26. The van der Waals surface area contributed by atoms with E-state index in [0.29, 0.717) is 28.2 Å². The molecule has 0 amide bonds. The van der Waals surface area contributed by atoms with E-state index in [1.807, 2.05) is 18.2 Å². The fraction of sp³-hybridized carbons (Fsp3) is 0.200. The van der Waals surface area contributed by atoms with Crippen molar-refractivity contribution >= 4 is 23.5 Å². The first-order valence-corrected chi connectivity index (χ1v) is 7.31. The summed E-state index contributed by atoms with van der Waals surface area (Å²) >= 11 is 4.95. The van der Waals surface area contributed by atoms with Crippen molar-refractivity contribution in [3.05, 3.63) is 35.9 Å². The number of rotatable bonds is 6. The second-order valence-electron chi connectivity index (χ2n) is 4.32. The molecule has 2 aromatic rings. The Morgan fingerprint density at radius 3 is 2.46 bits per heavy atom. The van der Waals surface area contributed by atoms with Gasteiger partial charge in [-0.15, -0.1) is 0 Å². The van der Waals surface area contributed by atoms with Crippen LogP contribution in [0.3, 0.4) is 0 Å². The number of nitrogens with one attached hydrogen (secondary N) is 2. The molecule has 1 heterocycles. The summed E-state index contributed by atoms with van der Waals surface area (Å²) in [6, 6.07) is 8.95. The van der Waals surface area contributed by atoms with Crippen LogP contribution in [-0.2, 0) is 0 Å². The zero-order chi connectivity index (χ0) is 17.4. The van der Waals surface area contributed by atoms with Gasteiger partial charge in [0, 0.05) is 12.6 Å². The first kappa shape index (κ1) is 17.4. The van der Waals surface area contributed by atoms with Crippen molar-refractivity contribution in [2.24, 2.45) is 5.10 Å². The van der Waals surface area contributed by atoms with E-state index in [9.17, 15) is 0 Å². The van der Waals surface area contributed by atoms with Gasteiger partial charge in [-0.05, 0) is 24.4 Å². The molecule has 0 radical (unpaired) electrons. The third-order valence-corrected chi connectivity index (χ3v) is 3.09. The minimum atomic E-state index is 0.103. The summed E-state index contributed by atoms with van der Waals surface area (Å²) < 4.78 is 15.9. The second-order valence-corrected chi connectivity index (χ2v) is 4.73. The lowest BCUT2D eigenvalue weighted by molar-refractivity contribution is 0.348. The Labute approximate surface area is 144 Å². The highest BCUT2D eigenvalue weighted by molar-refractivity contribution is 7.80. The Morgan fingerprint density at radius 1 is 1.17 bits per heavy atom. The largest absolute Gasteiger partial charge is 0.481 e. The van der Waals surface area contributed by atoms with Crippen LogP contribution in [0.15, 0.2) is 35.4 Å². The van der Waals surface area contributed by atoms with E-state index >= 15 is 0 Å². The molecular formula is C15H17N5O3S. The predicted octanol–water partition coefficient (Wildman–Crippen LogP) is 1.71. The lowest BCUT2D eigenvalue weighted by Gasteiger charge is -2.09. The molecule has 2 N–H and O–H groups in total. The van der Waals surface area contributed by atoms with Crippen LogP contribution in [-0.4, -0.2) is 42.6 Å². The van der Waals surface area contributed by atoms with Gasteiger partial charge in [0.2, 0.25) is 11.8 Å². The number of nitrogens with zero attached hydrogens (tertiary/aromatic N) is 3. The van der Waals surface area contributed by atoms with Crippen LogP contribution in [0.25, 0.3) is 0 Å². The number of para-hydroxylation sites is 1. The molecule has 0 aliphatic heterocycles. The standard InChI is InChI=1S/C15H17N5O3S/c1-16-15(24)20-17-9-10-6-4-5-7-11(10)23-14-18-12(21-2)8-13(19-14)22-3/h4-9H,1-3H3,(H2,16,20,24)/b17-9+. The summed E-state index contributed by atoms with van der Waals surface area (Å²) in [7, 11) is 4.71. The Balaban J connectivity index is 2.22. The van der Waals surface area contributed by atoms with Gasteiger partial charge in [-0.1, -0.05) is 12.1 Å². The fourth-order valence-electron chi connectivity index (χ4n) is 1.63. The maximum Gasteiger partial charge on any atom is 0.328 e. The molecule has 0 spiro atoms. The van der Waals surface area contributed by atoms with Gasteiger partial charge in [-0.2, -0.15) is 15.1 Å². The molecule has 126 valence electrons. The average molecular weight is 347 g/mol. The van der Waals surface area contributed by atoms with Gasteiger partial charge >= 0.3 is 6.01 Å². The zero-order valence-corrected chi connectivity index (χ0v) is 14.3. The first-order valence-electron chi connectivity index (χ1n) is 6.91. The van der Waals surface area contributed by atoms with E-state index < -0.39 is 0 Å². The molecule has 0 fully saturated rings. The van der Waals surface area contributed by atoms with E-state index in [-0.39, 0.29) is 6.01 Å². The Kier molecular flexibility index (Phi) is 6.26. The van der Waals surface area contributed by atoms with Gasteiger partial charge in [0.15, 0.2) is 5.11 Å². The van der Waals surface area contributed by atoms with Crippen LogP contribution in [0.5, 0.6) is 23.5 Å². The first-order chi connectivity index (χ1) is 11.7. The molecule has 0 unspecified atom stereocenters. The van der Waals surface area contributed by atoms with Crippen LogP contribution in [0, 0.1) is 0 Å². The van der Waals surface area contributed by atoms with Gasteiger partial charge < -0.3 is 19.5 Å². The van der Waals surface area contributed by atoms with Gasteiger partial charge in [0.05, 0.1) is 26.5 Å². The topological polar surface area (TPSA) is 89.9 Å². The summed E-state index contributed by atoms with van der Waals surface area (Å²) in [6.07, 6.45) is 1.58. The number of ether oxygens (including phenoxy) is 3. The zero-order valence-electron chi connectivity index (χ0n) is 13.4. The van der Waals surface area contributed by atoms with Crippen LogP contribution < -0.4 is 25.0 Å². The van der Waals surface area contributed by atoms with E-state index in [4.69, 9.17) is 26.4 Å². The molecule has 9 heteroatoms. The lowest BCUT2D eigenvalue weighted by Crippen LogP contribution is -2.28. The van der Waals surface area contributed by atoms with Crippen LogP contribution >= 0.6 is 12.2 Å². The Morgan fingerprint density at radius 2 is 1.83 bits per heavy atom. The molecule has 0 aliphatic carbocycles. The Hall–Kier alpha value is -2.94. The molecule has 2 rings (SSSR count). The highest BCUT2D eigenvalue weighted by atomic mass is 32.1. The van der Waals surface area contributed by atoms with Gasteiger partial charge in [-0.25, -0.2) is 0 Å². The van der Waals surface area contributed by atoms with Crippen LogP contribution in [0.2, 0.25) is 0 Å². The van der Waals surface area contributed by atoms with Gasteiger partial charge in [-0.3, -0.25) is 5.43 Å². The molecule has 0 saturated heterocycles. The average Bonchev–Trinajstić information content (AvgIpc) is 2.62. The summed E-state index contributed by atoms with van der Waals surface area (Å²) in [5, 5.41) is 7.20. The second kappa shape index (κ2) is 8.63. The van der Waals surface area contributed by atoms with Crippen molar-refractivity contribution in [3.63, 3.8) is 0 Å². The monoisotopic (exact) mass is 347 g/mol. The summed E-state index contributed by atoms with van der Waals surface area (Å²) in [5.41, 5.74) is 3.39. The lowest BCUT2D eigenvalue weighted by atomic mass is 10.2. The normalized spacial score (nSPS) is 10.3.